The molecule has 0 aromatic carbocycles. The molecule has 2 aromatic rings. The van der Waals surface area contributed by atoms with E-state index in [9.17, 15) is 0 Å². The van der Waals surface area contributed by atoms with Crippen LogP contribution in [0.25, 0.3) is 0 Å². The van der Waals surface area contributed by atoms with Crippen LogP contribution in [0.4, 0.5) is 11.5 Å². The van der Waals surface area contributed by atoms with Crippen LogP contribution in [0.1, 0.15) is 19.1 Å². The normalized spacial score (nSPS) is 12.3. The number of rotatable bonds is 5. The van der Waals surface area contributed by atoms with Crippen molar-refractivity contribution in [1.29, 1.82) is 0 Å². The Morgan fingerprint density at radius 2 is 2.41 bits per heavy atom. The number of hydrogen-bond donors (Lipinski definition) is 2. The Balaban J connectivity index is 1.85. The average Bonchev–Trinajstić information content (AvgIpc) is 2.82. The maximum Gasteiger partial charge on any atom is 0.152 e. The van der Waals surface area contributed by atoms with E-state index in [1.54, 1.807) is 12.5 Å². The van der Waals surface area contributed by atoms with Gasteiger partial charge in [-0.15, -0.1) is 0 Å². The third kappa shape index (κ3) is 3.21. The summed E-state index contributed by atoms with van der Waals surface area (Å²) in [7, 11) is 0. The fraction of sp³-hybridized carbons (Fsp3) is 0.333. The summed E-state index contributed by atoms with van der Waals surface area (Å²) < 4.78 is 5.28. The Labute approximate surface area is 100 Å². The molecule has 2 rings (SSSR count). The van der Waals surface area contributed by atoms with Gasteiger partial charge in [0.2, 0.25) is 0 Å². The number of furan rings is 1. The van der Waals surface area contributed by atoms with E-state index in [0.717, 1.165) is 18.6 Å². The molecule has 17 heavy (non-hydrogen) atoms. The van der Waals surface area contributed by atoms with Gasteiger partial charge >= 0.3 is 0 Å². The van der Waals surface area contributed by atoms with E-state index in [0.29, 0.717) is 11.5 Å². The van der Waals surface area contributed by atoms with E-state index in [-0.39, 0.29) is 6.04 Å². The summed E-state index contributed by atoms with van der Waals surface area (Å²) in [5, 5.41) is 3.25. The van der Waals surface area contributed by atoms with Gasteiger partial charge in [-0.1, -0.05) is 0 Å². The minimum absolute atomic E-state index is 0.275. The van der Waals surface area contributed by atoms with Crippen molar-refractivity contribution in [2.75, 3.05) is 11.1 Å². The molecule has 1 atom stereocenters. The molecular weight excluding hydrogens is 216 g/mol. The topological polar surface area (TPSA) is 77.0 Å². The zero-order valence-corrected chi connectivity index (χ0v) is 9.76. The van der Waals surface area contributed by atoms with Crippen LogP contribution in [0.3, 0.4) is 0 Å². The lowest BCUT2D eigenvalue weighted by atomic mass is 10.1. The number of nitrogen functional groups attached to an aromatic ring is 1. The van der Waals surface area contributed by atoms with E-state index in [1.807, 2.05) is 12.1 Å². The zero-order chi connectivity index (χ0) is 12.1. The van der Waals surface area contributed by atoms with Gasteiger partial charge in [0, 0.05) is 12.5 Å². The molecule has 0 amide bonds. The quantitative estimate of drug-likeness (QED) is 0.825. The van der Waals surface area contributed by atoms with Crippen molar-refractivity contribution in [1.82, 2.24) is 9.97 Å². The number of nitrogens with one attached hydrogen (secondary N) is 1. The Hall–Kier alpha value is -2.04. The molecule has 0 aliphatic rings. The molecule has 3 N–H and O–H groups in total. The zero-order valence-electron chi connectivity index (χ0n) is 9.76. The van der Waals surface area contributed by atoms with Crippen molar-refractivity contribution in [3.63, 3.8) is 0 Å². The van der Waals surface area contributed by atoms with Gasteiger partial charge in [0.15, 0.2) is 5.82 Å². The molecule has 0 aliphatic heterocycles. The van der Waals surface area contributed by atoms with Crippen LogP contribution in [-0.4, -0.2) is 16.0 Å². The fourth-order valence-corrected chi connectivity index (χ4v) is 1.58. The smallest absolute Gasteiger partial charge is 0.152 e. The molecule has 0 aliphatic carbocycles. The van der Waals surface area contributed by atoms with Crippen LogP contribution >= 0.6 is 0 Å². The van der Waals surface area contributed by atoms with Gasteiger partial charge in [-0.3, -0.25) is 0 Å². The third-order valence-electron chi connectivity index (χ3n) is 2.53. The number of nitrogens with two attached hydrogens (primary N) is 1. The number of hydrogen-bond acceptors (Lipinski definition) is 5. The Morgan fingerprint density at radius 1 is 1.53 bits per heavy atom. The highest BCUT2D eigenvalue weighted by atomic mass is 16.3. The van der Waals surface area contributed by atoms with Gasteiger partial charge in [0.25, 0.3) is 0 Å². The summed E-state index contributed by atoms with van der Waals surface area (Å²) in [6, 6.07) is 4.15. The van der Waals surface area contributed by atoms with E-state index < -0.39 is 0 Å². The molecule has 0 radical (unpaired) electrons. The Kier molecular flexibility index (Phi) is 3.59. The minimum Gasteiger partial charge on any atom is -0.469 e. The first-order valence-electron chi connectivity index (χ1n) is 5.60. The molecule has 1 unspecified atom stereocenters. The second-order valence-corrected chi connectivity index (χ2v) is 3.99. The number of aromatic nitrogens is 2. The van der Waals surface area contributed by atoms with Gasteiger partial charge < -0.3 is 15.5 Å². The van der Waals surface area contributed by atoms with Gasteiger partial charge in [-0.05, 0) is 25.5 Å². The van der Waals surface area contributed by atoms with Crippen LogP contribution < -0.4 is 11.1 Å². The number of anilines is 2. The molecular formula is C12H16N4O. The van der Waals surface area contributed by atoms with Crippen molar-refractivity contribution in [2.45, 2.75) is 25.8 Å². The first kappa shape index (κ1) is 11.4. The SMILES string of the molecule is CC(CCc1ccco1)Nc1ncncc1N. The van der Waals surface area contributed by atoms with Crippen LogP contribution in [0.5, 0.6) is 0 Å². The highest BCUT2D eigenvalue weighted by Crippen LogP contribution is 2.15. The predicted octanol–water partition coefficient (Wildman–Crippen LogP) is 2.08. The molecule has 0 fully saturated rings. The van der Waals surface area contributed by atoms with Gasteiger partial charge in [0.1, 0.15) is 12.1 Å². The molecule has 2 heterocycles. The van der Waals surface area contributed by atoms with Gasteiger partial charge in [0.05, 0.1) is 18.1 Å². The van der Waals surface area contributed by atoms with E-state index in [2.05, 4.69) is 22.2 Å². The maximum atomic E-state index is 5.75. The second-order valence-electron chi connectivity index (χ2n) is 3.99. The largest absolute Gasteiger partial charge is 0.469 e. The summed E-state index contributed by atoms with van der Waals surface area (Å²) in [5.41, 5.74) is 6.32. The van der Waals surface area contributed by atoms with E-state index in [4.69, 9.17) is 10.2 Å². The second kappa shape index (κ2) is 5.34. The van der Waals surface area contributed by atoms with Crippen molar-refractivity contribution in [3.8, 4) is 0 Å². The molecule has 90 valence electrons. The molecule has 5 heteroatoms. The van der Waals surface area contributed by atoms with Crippen LogP contribution in [0.2, 0.25) is 0 Å². The van der Waals surface area contributed by atoms with Crippen LogP contribution in [0.15, 0.2) is 35.3 Å². The highest BCUT2D eigenvalue weighted by molar-refractivity contribution is 5.59. The summed E-state index contributed by atoms with van der Waals surface area (Å²) in [6.45, 7) is 2.09. The standard InChI is InChI=1S/C12H16N4O/c1-9(4-5-10-3-2-6-17-10)16-12-11(13)7-14-8-15-12/h2-3,6-9H,4-5,13H2,1H3,(H,14,15,16). The minimum atomic E-state index is 0.275. The Morgan fingerprint density at radius 3 is 3.12 bits per heavy atom. The first-order chi connectivity index (χ1) is 8.25. The third-order valence-corrected chi connectivity index (χ3v) is 2.53. The Bertz CT molecular complexity index is 455. The average molecular weight is 232 g/mol. The lowest BCUT2D eigenvalue weighted by molar-refractivity contribution is 0.495. The lowest BCUT2D eigenvalue weighted by Crippen LogP contribution is -2.18. The molecule has 0 saturated carbocycles. The van der Waals surface area contributed by atoms with E-state index >= 15 is 0 Å². The maximum absolute atomic E-state index is 5.75. The fourth-order valence-electron chi connectivity index (χ4n) is 1.58. The van der Waals surface area contributed by atoms with Crippen molar-refractivity contribution >= 4 is 11.5 Å². The van der Waals surface area contributed by atoms with Gasteiger partial charge in [-0.2, -0.15) is 0 Å². The molecule has 0 spiro atoms. The van der Waals surface area contributed by atoms with Gasteiger partial charge in [-0.25, -0.2) is 9.97 Å². The van der Waals surface area contributed by atoms with Crippen molar-refractivity contribution in [3.05, 3.63) is 36.7 Å². The molecule has 0 bridgehead atoms. The van der Waals surface area contributed by atoms with Crippen LogP contribution in [0, 0.1) is 0 Å². The van der Waals surface area contributed by atoms with Crippen molar-refractivity contribution in [2.24, 2.45) is 0 Å². The monoisotopic (exact) mass is 232 g/mol. The summed E-state index contributed by atoms with van der Waals surface area (Å²) in [5.74, 6) is 1.68. The lowest BCUT2D eigenvalue weighted by Gasteiger charge is -2.14. The summed E-state index contributed by atoms with van der Waals surface area (Å²) in [6.07, 6.45) is 6.62. The predicted molar refractivity (Wildman–Crippen MR) is 66.6 cm³/mol. The number of nitrogens with zero attached hydrogens (tertiary/aromatic N) is 2. The summed E-state index contributed by atoms with van der Waals surface area (Å²) >= 11 is 0. The molecule has 5 nitrogen and oxygen atoms in total. The highest BCUT2D eigenvalue weighted by Gasteiger charge is 2.06. The summed E-state index contributed by atoms with van der Waals surface area (Å²) in [4.78, 5) is 7.94. The molecule has 0 saturated heterocycles. The van der Waals surface area contributed by atoms with Crippen molar-refractivity contribution < 1.29 is 4.42 Å². The van der Waals surface area contributed by atoms with Crippen LogP contribution in [-0.2, 0) is 6.42 Å². The first-order valence-corrected chi connectivity index (χ1v) is 5.60. The molecule has 2 aromatic heterocycles. The number of aryl methyl sites for hydroxylation is 1. The van der Waals surface area contributed by atoms with E-state index in [1.165, 1.54) is 6.33 Å².